The van der Waals surface area contributed by atoms with E-state index in [1.165, 1.54) is 0 Å². The highest BCUT2D eigenvalue weighted by atomic mass is 35.5. The van der Waals surface area contributed by atoms with E-state index in [2.05, 4.69) is 4.84 Å². The zero-order valence-corrected chi connectivity index (χ0v) is 8.04. The molecule has 1 saturated carbocycles. The van der Waals surface area contributed by atoms with Gasteiger partial charge in [0.2, 0.25) is 0 Å². The lowest BCUT2D eigenvalue weighted by Crippen LogP contribution is -2.64. The molecule has 0 aromatic carbocycles. The van der Waals surface area contributed by atoms with Crippen LogP contribution in [0.4, 0.5) is 0 Å². The van der Waals surface area contributed by atoms with Crippen LogP contribution in [-0.4, -0.2) is 62.6 Å². The third-order valence-electron chi connectivity index (χ3n) is 2.65. The SMILES string of the molecule is OC[C@H]1[C@@H](O)[C@H](O)[C@@H](O)[C@@H](O)[C@@H]1NCl. The van der Waals surface area contributed by atoms with Crippen LogP contribution in [0.1, 0.15) is 0 Å². The van der Waals surface area contributed by atoms with Gasteiger partial charge in [0, 0.05) is 5.92 Å². The van der Waals surface area contributed by atoms with Gasteiger partial charge in [0.15, 0.2) is 0 Å². The minimum atomic E-state index is -1.48. The summed E-state index contributed by atoms with van der Waals surface area (Å²) in [4.78, 5) is 2.17. The second-order valence-electron chi connectivity index (χ2n) is 3.44. The molecule has 84 valence electrons. The molecule has 1 rings (SSSR count). The molecule has 6 nitrogen and oxygen atoms in total. The number of hydrogen-bond acceptors (Lipinski definition) is 6. The third kappa shape index (κ3) is 1.87. The zero-order valence-electron chi connectivity index (χ0n) is 7.29. The summed E-state index contributed by atoms with van der Waals surface area (Å²) in [5.41, 5.74) is 0. The summed E-state index contributed by atoms with van der Waals surface area (Å²) in [6.45, 7) is -0.452. The normalized spacial score (nSPS) is 49.3. The average molecular weight is 228 g/mol. The first-order chi connectivity index (χ1) is 6.54. The molecule has 0 amide bonds. The molecule has 0 radical (unpaired) electrons. The highest BCUT2D eigenvalue weighted by Gasteiger charge is 2.48. The van der Waals surface area contributed by atoms with Gasteiger partial charge < -0.3 is 25.5 Å². The Morgan fingerprint density at radius 1 is 0.929 bits per heavy atom. The monoisotopic (exact) mass is 227 g/mol. The molecule has 0 saturated heterocycles. The van der Waals surface area contributed by atoms with E-state index in [-0.39, 0.29) is 0 Å². The fourth-order valence-electron chi connectivity index (χ4n) is 1.70. The first kappa shape index (κ1) is 12.1. The summed E-state index contributed by atoms with van der Waals surface area (Å²) in [7, 11) is 0. The lowest BCUT2D eigenvalue weighted by molar-refractivity contribution is -0.173. The Bertz CT molecular complexity index is 175. The minimum absolute atomic E-state index is 0.452. The van der Waals surface area contributed by atoms with Crippen LogP contribution >= 0.6 is 11.8 Å². The van der Waals surface area contributed by atoms with E-state index in [0.717, 1.165) is 0 Å². The van der Waals surface area contributed by atoms with Gasteiger partial charge in [0.1, 0.15) is 12.2 Å². The maximum absolute atomic E-state index is 9.45. The number of nitrogens with one attached hydrogen (secondary N) is 1. The van der Waals surface area contributed by atoms with Crippen molar-refractivity contribution in [3.63, 3.8) is 0 Å². The summed E-state index contributed by atoms with van der Waals surface area (Å²) < 4.78 is 0. The molecule has 14 heavy (non-hydrogen) atoms. The molecule has 0 bridgehead atoms. The number of halogens is 1. The standard InChI is InChI=1S/C7H14ClNO5/c8-9-3-2(1-10)4(11)6(13)7(14)5(3)12/h2-7,9-14H,1H2/t2-,3-,4-,5+,6+,7+/m1/s1. The summed E-state index contributed by atoms with van der Waals surface area (Å²) >= 11 is 5.30. The van der Waals surface area contributed by atoms with Crippen LogP contribution in [0, 0.1) is 5.92 Å². The van der Waals surface area contributed by atoms with Gasteiger partial charge >= 0.3 is 0 Å². The van der Waals surface area contributed by atoms with E-state index >= 15 is 0 Å². The Labute approximate surface area is 85.9 Å². The van der Waals surface area contributed by atoms with Crippen LogP contribution in [0.25, 0.3) is 0 Å². The minimum Gasteiger partial charge on any atom is -0.396 e. The van der Waals surface area contributed by atoms with Crippen molar-refractivity contribution in [1.29, 1.82) is 0 Å². The van der Waals surface area contributed by atoms with Gasteiger partial charge in [0.25, 0.3) is 0 Å². The van der Waals surface area contributed by atoms with Crippen molar-refractivity contribution >= 4 is 11.8 Å². The van der Waals surface area contributed by atoms with Gasteiger partial charge in [-0.05, 0) is 11.8 Å². The lowest BCUT2D eigenvalue weighted by atomic mass is 9.77. The quantitative estimate of drug-likeness (QED) is 0.284. The molecule has 1 aliphatic carbocycles. The molecule has 0 heterocycles. The van der Waals surface area contributed by atoms with Gasteiger partial charge in [-0.15, -0.1) is 0 Å². The van der Waals surface area contributed by atoms with Gasteiger partial charge in [0.05, 0.1) is 24.9 Å². The second kappa shape index (κ2) is 4.71. The van der Waals surface area contributed by atoms with Crippen molar-refractivity contribution in [1.82, 2.24) is 4.84 Å². The molecule has 6 N–H and O–H groups in total. The molecule has 1 aliphatic rings. The maximum atomic E-state index is 9.45. The molecule has 7 heteroatoms. The molecule has 1 fully saturated rings. The third-order valence-corrected chi connectivity index (χ3v) is 2.91. The van der Waals surface area contributed by atoms with Crippen molar-refractivity contribution in [3.8, 4) is 0 Å². The van der Waals surface area contributed by atoms with E-state index in [9.17, 15) is 20.4 Å². The first-order valence-electron chi connectivity index (χ1n) is 4.23. The highest BCUT2D eigenvalue weighted by molar-refractivity contribution is 6.13. The number of aliphatic hydroxyl groups excluding tert-OH is 5. The predicted octanol–water partition coefficient (Wildman–Crippen LogP) is -2.84. The van der Waals surface area contributed by atoms with E-state index in [0.29, 0.717) is 0 Å². The van der Waals surface area contributed by atoms with Crippen molar-refractivity contribution in [2.45, 2.75) is 30.5 Å². The average Bonchev–Trinajstić information content (AvgIpc) is 2.20. The molecule has 0 aromatic heterocycles. The summed E-state index contributed by atoms with van der Waals surface area (Å²) in [5.74, 6) is -0.819. The van der Waals surface area contributed by atoms with E-state index < -0.39 is 43.0 Å². The highest BCUT2D eigenvalue weighted by Crippen LogP contribution is 2.26. The molecule has 0 spiro atoms. The van der Waals surface area contributed by atoms with Gasteiger partial charge in [-0.25, -0.2) is 4.84 Å². The van der Waals surface area contributed by atoms with Crippen molar-refractivity contribution in [3.05, 3.63) is 0 Å². The predicted molar refractivity (Wildman–Crippen MR) is 47.4 cm³/mol. The number of hydrogen-bond donors (Lipinski definition) is 6. The van der Waals surface area contributed by atoms with Crippen LogP contribution < -0.4 is 4.84 Å². The van der Waals surface area contributed by atoms with Gasteiger partial charge in [-0.3, -0.25) is 0 Å². The molecule has 0 aliphatic heterocycles. The molecule has 0 aromatic rings. The van der Waals surface area contributed by atoms with Crippen LogP contribution in [0.5, 0.6) is 0 Å². The fourth-order valence-corrected chi connectivity index (χ4v) is 1.99. The van der Waals surface area contributed by atoms with Crippen molar-refractivity contribution < 1.29 is 25.5 Å². The molecular formula is C7H14ClNO5. The van der Waals surface area contributed by atoms with E-state index in [4.69, 9.17) is 16.9 Å². The Morgan fingerprint density at radius 2 is 1.43 bits per heavy atom. The lowest BCUT2D eigenvalue weighted by Gasteiger charge is -2.42. The summed E-state index contributed by atoms with van der Waals surface area (Å²) in [6, 6.07) is -0.866. The van der Waals surface area contributed by atoms with E-state index in [1.807, 2.05) is 0 Å². The first-order valence-corrected chi connectivity index (χ1v) is 4.61. The molecule has 0 unspecified atom stereocenters. The second-order valence-corrected chi connectivity index (χ2v) is 3.66. The summed E-state index contributed by atoms with van der Waals surface area (Å²) in [5, 5.41) is 46.4. The van der Waals surface area contributed by atoms with Crippen molar-refractivity contribution in [2.75, 3.05) is 6.61 Å². The van der Waals surface area contributed by atoms with Crippen molar-refractivity contribution in [2.24, 2.45) is 5.92 Å². The molecular weight excluding hydrogens is 214 g/mol. The Balaban J connectivity index is 2.84. The Kier molecular flexibility index (Phi) is 4.08. The van der Waals surface area contributed by atoms with Crippen LogP contribution in [0.2, 0.25) is 0 Å². The zero-order chi connectivity index (χ0) is 10.9. The Morgan fingerprint density at radius 3 is 1.86 bits per heavy atom. The topological polar surface area (TPSA) is 113 Å². The van der Waals surface area contributed by atoms with Gasteiger partial charge in [-0.1, -0.05) is 0 Å². The number of rotatable bonds is 2. The largest absolute Gasteiger partial charge is 0.396 e. The van der Waals surface area contributed by atoms with Crippen LogP contribution in [0.3, 0.4) is 0 Å². The maximum Gasteiger partial charge on any atom is 0.110 e. The summed E-state index contributed by atoms with van der Waals surface area (Å²) in [6.07, 6.45) is -5.62. The molecule has 6 atom stereocenters. The number of aliphatic hydroxyl groups is 5. The van der Waals surface area contributed by atoms with Crippen LogP contribution in [-0.2, 0) is 0 Å². The smallest absolute Gasteiger partial charge is 0.110 e. The Hall–Kier alpha value is 0.0500. The van der Waals surface area contributed by atoms with Crippen LogP contribution in [0.15, 0.2) is 0 Å². The van der Waals surface area contributed by atoms with Gasteiger partial charge in [-0.2, -0.15) is 0 Å². The van der Waals surface area contributed by atoms with E-state index in [1.54, 1.807) is 0 Å². The fraction of sp³-hybridized carbons (Fsp3) is 1.00.